The Morgan fingerprint density at radius 2 is 2.41 bits per heavy atom. The molecule has 0 aromatic rings. The van der Waals surface area contributed by atoms with Gasteiger partial charge in [0, 0.05) is 19.1 Å². The van der Waals surface area contributed by atoms with Gasteiger partial charge in [0.25, 0.3) is 0 Å². The third kappa shape index (κ3) is 2.97. The second-order valence-electron chi connectivity index (χ2n) is 4.95. The van der Waals surface area contributed by atoms with E-state index >= 15 is 0 Å². The Hall–Kier alpha value is -0.650. The molecule has 0 radical (unpaired) electrons. The first-order chi connectivity index (χ1) is 8.22. The zero-order valence-electron chi connectivity index (χ0n) is 10.4. The molecule has 0 aromatic heterocycles. The van der Waals surface area contributed by atoms with Crippen molar-refractivity contribution in [1.82, 2.24) is 10.2 Å². The average molecular weight is 242 g/mol. The quantitative estimate of drug-likeness (QED) is 0.691. The average Bonchev–Trinajstić information content (AvgIpc) is 2.38. The van der Waals surface area contributed by atoms with Crippen LogP contribution >= 0.6 is 0 Å². The van der Waals surface area contributed by atoms with Gasteiger partial charge in [0.15, 0.2) is 0 Å². The topological polar surface area (TPSA) is 61.8 Å². The van der Waals surface area contributed by atoms with E-state index in [-0.39, 0.29) is 30.6 Å². The second-order valence-corrected chi connectivity index (χ2v) is 4.95. The van der Waals surface area contributed by atoms with Gasteiger partial charge in [-0.05, 0) is 26.3 Å². The zero-order valence-corrected chi connectivity index (χ0v) is 10.4. The Bertz CT molecular complexity index is 272. The van der Waals surface area contributed by atoms with Crippen LogP contribution in [0.25, 0.3) is 0 Å². The van der Waals surface area contributed by atoms with Crippen LogP contribution in [0, 0.1) is 5.92 Å². The standard InChI is InChI=1S/C12H22N2O3/c1-9-11(3-2-4-13-9)12(16)14-5-6-17-10(7-14)8-15/h9-11,13,15H,2-8H2,1H3. The maximum absolute atomic E-state index is 12.4. The maximum Gasteiger partial charge on any atom is 0.227 e. The first kappa shape index (κ1) is 12.8. The monoisotopic (exact) mass is 242 g/mol. The number of piperidine rings is 1. The molecule has 5 nitrogen and oxygen atoms in total. The third-order valence-corrected chi connectivity index (χ3v) is 3.73. The van der Waals surface area contributed by atoms with Gasteiger partial charge < -0.3 is 20.1 Å². The highest BCUT2D eigenvalue weighted by atomic mass is 16.5. The van der Waals surface area contributed by atoms with E-state index in [0.717, 1.165) is 19.4 Å². The molecule has 0 saturated carbocycles. The van der Waals surface area contributed by atoms with Crippen molar-refractivity contribution in [1.29, 1.82) is 0 Å². The number of aliphatic hydroxyl groups excluding tert-OH is 1. The summed E-state index contributed by atoms with van der Waals surface area (Å²) in [5.74, 6) is 0.299. The number of morpholine rings is 1. The molecule has 5 heteroatoms. The lowest BCUT2D eigenvalue weighted by Gasteiger charge is -2.37. The van der Waals surface area contributed by atoms with E-state index in [1.165, 1.54) is 0 Å². The zero-order chi connectivity index (χ0) is 12.3. The lowest BCUT2D eigenvalue weighted by molar-refractivity contribution is -0.146. The molecule has 2 saturated heterocycles. The molecule has 0 spiro atoms. The SMILES string of the molecule is CC1NCCCC1C(=O)N1CCOC(CO)C1. The Kier molecular flexibility index (Phi) is 4.36. The van der Waals surface area contributed by atoms with E-state index in [0.29, 0.717) is 19.7 Å². The normalized spacial score (nSPS) is 34.7. The van der Waals surface area contributed by atoms with Crippen molar-refractivity contribution in [2.75, 3.05) is 32.8 Å². The fourth-order valence-electron chi connectivity index (χ4n) is 2.65. The molecule has 17 heavy (non-hydrogen) atoms. The van der Waals surface area contributed by atoms with Crippen molar-refractivity contribution in [3.05, 3.63) is 0 Å². The molecule has 2 fully saturated rings. The molecule has 0 aliphatic carbocycles. The second kappa shape index (κ2) is 5.80. The van der Waals surface area contributed by atoms with Crippen molar-refractivity contribution in [2.24, 2.45) is 5.92 Å². The predicted molar refractivity (Wildman–Crippen MR) is 63.6 cm³/mol. The van der Waals surface area contributed by atoms with Crippen LogP contribution < -0.4 is 5.32 Å². The van der Waals surface area contributed by atoms with Crippen molar-refractivity contribution < 1.29 is 14.6 Å². The first-order valence-corrected chi connectivity index (χ1v) is 6.47. The molecule has 3 unspecified atom stereocenters. The number of hydrogen-bond acceptors (Lipinski definition) is 4. The molecule has 2 heterocycles. The van der Waals surface area contributed by atoms with Crippen LogP contribution in [-0.2, 0) is 9.53 Å². The number of nitrogens with zero attached hydrogens (tertiary/aromatic N) is 1. The minimum Gasteiger partial charge on any atom is -0.394 e. The highest BCUT2D eigenvalue weighted by Crippen LogP contribution is 2.20. The van der Waals surface area contributed by atoms with Gasteiger partial charge in [0.1, 0.15) is 0 Å². The lowest BCUT2D eigenvalue weighted by atomic mass is 9.90. The van der Waals surface area contributed by atoms with Gasteiger partial charge in [-0.2, -0.15) is 0 Å². The Morgan fingerprint density at radius 1 is 1.59 bits per heavy atom. The van der Waals surface area contributed by atoms with Crippen molar-refractivity contribution in [3.8, 4) is 0 Å². The summed E-state index contributed by atoms with van der Waals surface area (Å²) in [5, 5.41) is 12.4. The van der Waals surface area contributed by atoms with Crippen molar-refractivity contribution in [3.63, 3.8) is 0 Å². The number of carbonyl (C=O) groups is 1. The summed E-state index contributed by atoms with van der Waals surface area (Å²) in [4.78, 5) is 14.2. The summed E-state index contributed by atoms with van der Waals surface area (Å²) < 4.78 is 5.36. The number of hydrogen-bond donors (Lipinski definition) is 2. The highest BCUT2D eigenvalue weighted by Gasteiger charge is 2.33. The molecule has 98 valence electrons. The number of nitrogens with one attached hydrogen (secondary N) is 1. The van der Waals surface area contributed by atoms with Gasteiger partial charge in [-0.15, -0.1) is 0 Å². The van der Waals surface area contributed by atoms with E-state index in [9.17, 15) is 4.79 Å². The molecule has 2 aliphatic rings. The number of carbonyl (C=O) groups excluding carboxylic acids is 1. The van der Waals surface area contributed by atoms with E-state index in [1.807, 2.05) is 4.90 Å². The van der Waals surface area contributed by atoms with Gasteiger partial charge in [-0.1, -0.05) is 0 Å². The minimum atomic E-state index is -0.209. The lowest BCUT2D eigenvalue weighted by Crippen LogP contribution is -2.53. The van der Waals surface area contributed by atoms with Crippen LogP contribution in [0.15, 0.2) is 0 Å². The molecule has 1 amide bonds. The molecule has 3 atom stereocenters. The number of amides is 1. The summed E-state index contributed by atoms with van der Waals surface area (Å²) in [7, 11) is 0. The Balaban J connectivity index is 1.93. The largest absolute Gasteiger partial charge is 0.394 e. The fourth-order valence-corrected chi connectivity index (χ4v) is 2.65. The molecule has 0 aromatic carbocycles. The minimum absolute atomic E-state index is 0.0117. The summed E-state index contributed by atoms with van der Waals surface area (Å²) in [5.41, 5.74) is 0. The molecular weight excluding hydrogens is 220 g/mol. The van der Waals surface area contributed by atoms with Gasteiger partial charge in [0.05, 0.1) is 25.2 Å². The highest BCUT2D eigenvalue weighted by molar-refractivity contribution is 5.79. The van der Waals surface area contributed by atoms with E-state index < -0.39 is 0 Å². The van der Waals surface area contributed by atoms with E-state index in [1.54, 1.807) is 0 Å². The fraction of sp³-hybridized carbons (Fsp3) is 0.917. The summed E-state index contributed by atoms with van der Waals surface area (Å²) in [6.45, 7) is 4.78. The third-order valence-electron chi connectivity index (χ3n) is 3.73. The van der Waals surface area contributed by atoms with Crippen molar-refractivity contribution in [2.45, 2.75) is 31.9 Å². The van der Waals surface area contributed by atoms with Gasteiger partial charge in [-0.3, -0.25) is 4.79 Å². The Labute approximate surface area is 102 Å². The number of rotatable bonds is 2. The number of aliphatic hydroxyl groups is 1. The van der Waals surface area contributed by atoms with Crippen LogP contribution in [0.3, 0.4) is 0 Å². The first-order valence-electron chi connectivity index (χ1n) is 6.47. The molecule has 2 N–H and O–H groups in total. The summed E-state index contributed by atoms with van der Waals surface area (Å²) in [6.07, 6.45) is 1.82. The summed E-state index contributed by atoms with van der Waals surface area (Å²) >= 11 is 0. The van der Waals surface area contributed by atoms with Crippen LogP contribution in [0.5, 0.6) is 0 Å². The van der Waals surface area contributed by atoms with Gasteiger partial charge in [-0.25, -0.2) is 0 Å². The van der Waals surface area contributed by atoms with Gasteiger partial charge >= 0.3 is 0 Å². The Morgan fingerprint density at radius 3 is 3.12 bits per heavy atom. The smallest absolute Gasteiger partial charge is 0.227 e. The molecule has 0 bridgehead atoms. The van der Waals surface area contributed by atoms with Crippen LogP contribution in [0.1, 0.15) is 19.8 Å². The van der Waals surface area contributed by atoms with Crippen LogP contribution in [0.4, 0.5) is 0 Å². The van der Waals surface area contributed by atoms with Gasteiger partial charge in [0.2, 0.25) is 5.91 Å². The van der Waals surface area contributed by atoms with Crippen LogP contribution in [0.2, 0.25) is 0 Å². The van der Waals surface area contributed by atoms with Crippen molar-refractivity contribution >= 4 is 5.91 Å². The molecule has 2 rings (SSSR count). The number of ether oxygens (including phenoxy) is 1. The maximum atomic E-state index is 12.4. The van der Waals surface area contributed by atoms with Crippen LogP contribution in [-0.4, -0.2) is 60.9 Å². The predicted octanol–water partition coefficient (Wildman–Crippen LogP) is -0.406. The van der Waals surface area contributed by atoms with E-state index in [2.05, 4.69) is 12.2 Å². The van der Waals surface area contributed by atoms with E-state index in [4.69, 9.17) is 9.84 Å². The molecule has 2 aliphatic heterocycles. The summed E-state index contributed by atoms with van der Waals surface area (Å²) in [6, 6.07) is 0.256. The molecular formula is C12H22N2O3.